The predicted octanol–water partition coefficient (Wildman–Crippen LogP) is 1.29. The smallest absolute Gasteiger partial charge is 0.252 e. The summed E-state index contributed by atoms with van der Waals surface area (Å²) in [6, 6.07) is 11.2. The molecule has 3 aromatic rings. The van der Waals surface area contributed by atoms with Gasteiger partial charge in [0.15, 0.2) is 5.49 Å². The second kappa shape index (κ2) is 3.66. The molecule has 0 spiro atoms. The summed E-state index contributed by atoms with van der Waals surface area (Å²) in [4.78, 5) is 18.4. The summed E-state index contributed by atoms with van der Waals surface area (Å²) in [5, 5.41) is 9.41. The second-order valence-electron chi connectivity index (χ2n) is 4.01. The van der Waals surface area contributed by atoms with Gasteiger partial charge in [-0.25, -0.2) is 4.98 Å². The molecule has 88 valence electrons. The van der Waals surface area contributed by atoms with Gasteiger partial charge in [-0.2, -0.15) is 0 Å². The summed E-state index contributed by atoms with van der Waals surface area (Å²) in [5.41, 5.74) is 6.76. The minimum atomic E-state index is -0.635. The lowest BCUT2D eigenvalue weighted by Crippen LogP contribution is -2.23. The first-order chi connectivity index (χ1) is 8.66. The lowest BCUT2D eigenvalue weighted by Gasteiger charge is -1.95. The number of hydrogen-bond acceptors (Lipinski definition) is 3. The van der Waals surface area contributed by atoms with Gasteiger partial charge in [-0.3, -0.25) is 10.2 Å². The van der Waals surface area contributed by atoms with E-state index >= 15 is 0 Å². The average Bonchev–Trinajstić information content (AvgIpc) is 2.50. The third kappa shape index (κ3) is 1.45. The summed E-state index contributed by atoms with van der Waals surface area (Å²) in [5.74, 6) is -0.635. The first-order valence-corrected chi connectivity index (χ1v) is 5.43. The molecule has 2 aromatic heterocycles. The van der Waals surface area contributed by atoms with E-state index in [9.17, 15) is 4.79 Å². The van der Waals surface area contributed by atoms with Gasteiger partial charge in [-0.15, -0.1) is 0 Å². The number of rotatable bonds is 1. The van der Waals surface area contributed by atoms with Crippen LogP contribution in [0.15, 0.2) is 36.4 Å². The molecular formula is C13H10N4O. The van der Waals surface area contributed by atoms with E-state index in [-0.39, 0.29) is 11.1 Å². The molecular weight excluding hydrogens is 228 g/mol. The number of carbonyl (C=O) groups is 1. The van der Waals surface area contributed by atoms with Crippen LogP contribution < -0.4 is 11.2 Å². The largest absolute Gasteiger partial charge is 0.365 e. The Morgan fingerprint density at radius 1 is 1.22 bits per heavy atom. The number of pyridine rings is 1. The van der Waals surface area contributed by atoms with E-state index < -0.39 is 5.91 Å². The standard InChI is InChI=1S/C13H10N4O/c14-11-9(12(15)18)6-8-7-4-2-1-3-5-10(7)16-13(8)17-11/h1-6H,(H2,15,18)(H2,14,16,17). The van der Waals surface area contributed by atoms with Crippen LogP contribution in [0.2, 0.25) is 0 Å². The molecule has 0 unspecified atom stereocenters. The normalized spacial score (nSPS) is 10.9. The number of primary amides is 1. The molecule has 1 aromatic carbocycles. The third-order valence-electron chi connectivity index (χ3n) is 2.87. The van der Waals surface area contributed by atoms with Crippen molar-refractivity contribution in [2.75, 3.05) is 0 Å². The maximum Gasteiger partial charge on any atom is 0.252 e. The van der Waals surface area contributed by atoms with E-state index in [0.717, 1.165) is 16.3 Å². The molecule has 0 fully saturated rings. The number of aromatic nitrogens is 2. The molecule has 0 saturated carbocycles. The highest BCUT2D eigenvalue weighted by Gasteiger charge is 2.10. The summed E-state index contributed by atoms with van der Waals surface area (Å²) in [6.45, 7) is 0. The molecule has 3 rings (SSSR count). The number of carbonyl (C=O) groups excluding carboxylic acids is 1. The molecule has 5 nitrogen and oxygen atoms in total. The fourth-order valence-corrected chi connectivity index (χ4v) is 2.02. The van der Waals surface area contributed by atoms with Crippen molar-refractivity contribution >= 4 is 27.8 Å². The van der Waals surface area contributed by atoms with Crippen LogP contribution in [0.5, 0.6) is 0 Å². The van der Waals surface area contributed by atoms with Crippen LogP contribution in [0.25, 0.3) is 21.9 Å². The molecule has 0 saturated heterocycles. The lowest BCUT2D eigenvalue weighted by molar-refractivity contribution is 0.0998. The van der Waals surface area contributed by atoms with Crippen molar-refractivity contribution < 1.29 is 4.79 Å². The molecule has 0 aliphatic carbocycles. The van der Waals surface area contributed by atoms with Gasteiger partial charge in [-0.05, 0) is 12.1 Å². The fourth-order valence-electron chi connectivity index (χ4n) is 2.02. The molecule has 0 atom stereocenters. The highest BCUT2D eigenvalue weighted by Crippen LogP contribution is 2.22. The Bertz CT molecular complexity index is 835. The van der Waals surface area contributed by atoms with Crippen LogP contribution in [0.4, 0.5) is 0 Å². The zero-order valence-electron chi connectivity index (χ0n) is 9.40. The van der Waals surface area contributed by atoms with Gasteiger partial charge in [0, 0.05) is 16.3 Å². The maximum absolute atomic E-state index is 11.2. The van der Waals surface area contributed by atoms with Crippen LogP contribution in [0, 0.1) is 5.41 Å². The summed E-state index contributed by atoms with van der Waals surface area (Å²) in [6.07, 6.45) is 0. The Balaban J connectivity index is 2.52. The molecule has 0 aliphatic heterocycles. The van der Waals surface area contributed by atoms with Gasteiger partial charge in [0.25, 0.3) is 5.91 Å². The first kappa shape index (κ1) is 10.5. The Morgan fingerprint density at radius 2 is 2.00 bits per heavy atom. The number of aromatic amines is 1. The van der Waals surface area contributed by atoms with Crippen molar-refractivity contribution in [3.05, 3.63) is 47.4 Å². The minimum Gasteiger partial charge on any atom is -0.365 e. The molecule has 0 bridgehead atoms. The van der Waals surface area contributed by atoms with E-state index in [0.29, 0.717) is 5.65 Å². The number of fused-ring (bicyclic) bond motifs is 3. The maximum atomic E-state index is 11.2. The van der Waals surface area contributed by atoms with Gasteiger partial charge in [0.05, 0.1) is 5.56 Å². The lowest BCUT2D eigenvalue weighted by atomic mass is 10.2. The Hall–Kier alpha value is -2.69. The average molecular weight is 238 g/mol. The summed E-state index contributed by atoms with van der Waals surface area (Å²) >= 11 is 0. The third-order valence-corrected chi connectivity index (χ3v) is 2.87. The molecule has 0 aliphatic rings. The van der Waals surface area contributed by atoms with Gasteiger partial charge in [0.1, 0.15) is 5.65 Å². The topological polar surface area (TPSA) is 95.6 Å². The van der Waals surface area contributed by atoms with Crippen molar-refractivity contribution in [1.29, 1.82) is 5.41 Å². The van der Waals surface area contributed by atoms with Crippen LogP contribution in [0.3, 0.4) is 0 Å². The molecule has 1 amide bonds. The Labute approximate surface area is 102 Å². The van der Waals surface area contributed by atoms with Crippen molar-refractivity contribution in [2.24, 2.45) is 5.73 Å². The van der Waals surface area contributed by atoms with Crippen LogP contribution in [-0.4, -0.2) is 15.9 Å². The zero-order valence-corrected chi connectivity index (χ0v) is 9.40. The monoisotopic (exact) mass is 238 g/mol. The number of H-pyrrole nitrogens is 1. The number of nitrogens with zero attached hydrogens (tertiary/aromatic N) is 1. The van der Waals surface area contributed by atoms with E-state index in [1.165, 1.54) is 0 Å². The first-order valence-electron chi connectivity index (χ1n) is 5.43. The molecule has 2 heterocycles. The van der Waals surface area contributed by atoms with Crippen molar-refractivity contribution in [1.82, 2.24) is 9.97 Å². The molecule has 5 heteroatoms. The highest BCUT2D eigenvalue weighted by atomic mass is 16.1. The SMILES string of the molecule is N=c1nc2[nH]c3cccccc3c2cc1C(N)=O. The quantitative estimate of drug-likeness (QED) is 0.595. The highest BCUT2D eigenvalue weighted by molar-refractivity contribution is 6.07. The molecule has 4 N–H and O–H groups in total. The van der Waals surface area contributed by atoms with Crippen molar-refractivity contribution in [3.63, 3.8) is 0 Å². The van der Waals surface area contributed by atoms with E-state index in [1.54, 1.807) is 6.07 Å². The molecule has 0 radical (unpaired) electrons. The number of nitrogens with two attached hydrogens (primary N) is 1. The van der Waals surface area contributed by atoms with E-state index in [2.05, 4.69) is 9.97 Å². The molecule has 18 heavy (non-hydrogen) atoms. The number of nitrogens with one attached hydrogen (secondary N) is 2. The number of amides is 1. The van der Waals surface area contributed by atoms with E-state index in [4.69, 9.17) is 11.1 Å². The van der Waals surface area contributed by atoms with Gasteiger partial charge < -0.3 is 10.7 Å². The zero-order chi connectivity index (χ0) is 12.7. The second-order valence-corrected chi connectivity index (χ2v) is 4.01. The van der Waals surface area contributed by atoms with Gasteiger partial charge >= 0.3 is 0 Å². The minimum absolute atomic E-state index is 0.106. The van der Waals surface area contributed by atoms with E-state index in [1.807, 2.05) is 30.3 Å². The fraction of sp³-hybridized carbons (Fsp3) is 0. The number of hydrogen-bond donors (Lipinski definition) is 3. The predicted molar refractivity (Wildman–Crippen MR) is 68.0 cm³/mol. The van der Waals surface area contributed by atoms with Gasteiger partial charge in [0.2, 0.25) is 0 Å². The summed E-state index contributed by atoms with van der Waals surface area (Å²) < 4.78 is 0. The van der Waals surface area contributed by atoms with Crippen LogP contribution in [0.1, 0.15) is 10.4 Å². The van der Waals surface area contributed by atoms with Gasteiger partial charge in [-0.1, -0.05) is 24.3 Å². The Morgan fingerprint density at radius 3 is 2.78 bits per heavy atom. The summed E-state index contributed by atoms with van der Waals surface area (Å²) in [7, 11) is 0. The van der Waals surface area contributed by atoms with Crippen molar-refractivity contribution in [3.8, 4) is 0 Å². The van der Waals surface area contributed by atoms with Crippen molar-refractivity contribution in [2.45, 2.75) is 0 Å². The van der Waals surface area contributed by atoms with Crippen LogP contribution >= 0.6 is 0 Å². The Kier molecular flexibility index (Phi) is 2.13. The van der Waals surface area contributed by atoms with Crippen LogP contribution in [-0.2, 0) is 0 Å².